The maximum Gasteiger partial charge on any atom is 0.116 e. The number of aromatic hydroxyl groups is 1. The third-order valence-electron chi connectivity index (χ3n) is 4.03. The fourth-order valence-corrected chi connectivity index (χ4v) is 2.88. The van der Waals surface area contributed by atoms with Crippen LogP contribution in [0.5, 0.6) is 5.75 Å². The predicted octanol–water partition coefficient (Wildman–Crippen LogP) is 5.12. The second-order valence-electron chi connectivity index (χ2n) is 5.62. The van der Waals surface area contributed by atoms with Crippen LogP contribution in [0.1, 0.15) is 0 Å². The van der Waals surface area contributed by atoms with Crippen molar-refractivity contribution in [3.05, 3.63) is 85.2 Å². The summed E-state index contributed by atoms with van der Waals surface area (Å²) in [5, 5.41) is 9.84. The minimum absolute atomic E-state index is 0.260. The zero-order valence-electron chi connectivity index (χ0n) is 13.0. The Morgan fingerprint density at radius 2 is 1.46 bits per heavy atom. The molecule has 0 amide bonds. The SMILES string of the molecule is Oc1cccc(-c2cc(-c3ccccc3)[nH]c2-c2ccncc2)c1. The Kier molecular flexibility index (Phi) is 3.60. The third-order valence-corrected chi connectivity index (χ3v) is 4.03. The number of aromatic nitrogens is 2. The molecular weight excluding hydrogens is 296 g/mol. The molecule has 0 aliphatic carbocycles. The molecule has 0 aliphatic heterocycles. The van der Waals surface area contributed by atoms with Crippen molar-refractivity contribution in [2.45, 2.75) is 0 Å². The Hall–Kier alpha value is -3.33. The highest BCUT2D eigenvalue weighted by molar-refractivity contribution is 5.86. The van der Waals surface area contributed by atoms with Gasteiger partial charge in [0.25, 0.3) is 0 Å². The number of benzene rings is 2. The van der Waals surface area contributed by atoms with Crippen molar-refractivity contribution in [2.75, 3.05) is 0 Å². The monoisotopic (exact) mass is 312 g/mol. The molecule has 3 heteroatoms. The summed E-state index contributed by atoms with van der Waals surface area (Å²) in [6.07, 6.45) is 3.56. The zero-order chi connectivity index (χ0) is 16.4. The molecule has 4 aromatic rings. The molecule has 0 unspecified atom stereocenters. The van der Waals surface area contributed by atoms with E-state index in [0.29, 0.717) is 0 Å². The normalized spacial score (nSPS) is 10.7. The van der Waals surface area contributed by atoms with Gasteiger partial charge in [-0.1, -0.05) is 42.5 Å². The van der Waals surface area contributed by atoms with E-state index in [1.807, 2.05) is 42.5 Å². The van der Waals surface area contributed by atoms with Crippen LogP contribution in [0, 0.1) is 0 Å². The second-order valence-corrected chi connectivity index (χ2v) is 5.62. The van der Waals surface area contributed by atoms with Crippen molar-refractivity contribution >= 4 is 0 Å². The van der Waals surface area contributed by atoms with E-state index in [2.05, 4.69) is 28.2 Å². The molecule has 0 atom stereocenters. The highest BCUT2D eigenvalue weighted by Gasteiger charge is 2.13. The molecule has 2 aromatic carbocycles. The molecule has 2 N–H and O–H groups in total. The first kappa shape index (κ1) is 14.3. The van der Waals surface area contributed by atoms with Crippen LogP contribution in [0.4, 0.5) is 0 Å². The maximum atomic E-state index is 9.84. The quantitative estimate of drug-likeness (QED) is 0.552. The number of phenols is 1. The summed E-state index contributed by atoms with van der Waals surface area (Å²) in [4.78, 5) is 7.62. The van der Waals surface area contributed by atoms with Gasteiger partial charge in [-0.15, -0.1) is 0 Å². The Labute approximate surface area is 140 Å². The first-order valence-electron chi connectivity index (χ1n) is 7.79. The number of aromatic amines is 1. The van der Waals surface area contributed by atoms with Gasteiger partial charge < -0.3 is 10.1 Å². The highest BCUT2D eigenvalue weighted by Crippen LogP contribution is 2.36. The van der Waals surface area contributed by atoms with Crippen LogP contribution in [0.15, 0.2) is 85.2 Å². The van der Waals surface area contributed by atoms with Crippen LogP contribution in [-0.4, -0.2) is 15.1 Å². The lowest BCUT2D eigenvalue weighted by Gasteiger charge is -2.05. The lowest BCUT2D eigenvalue weighted by atomic mass is 10.0. The first-order valence-corrected chi connectivity index (χ1v) is 7.79. The van der Waals surface area contributed by atoms with Gasteiger partial charge in [0.05, 0.1) is 5.69 Å². The van der Waals surface area contributed by atoms with Crippen LogP contribution in [-0.2, 0) is 0 Å². The van der Waals surface area contributed by atoms with E-state index in [-0.39, 0.29) is 5.75 Å². The minimum atomic E-state index is 0.260. The van der Waals surface area contributed by atoms with Crippen LogP contribution in [0.25, 0.3) is 33.6 Å². The number of hydrogen-bond acceptors (Lipinski definition) is 2. The van der Waals surface area contributed by atoms with Gasteiger partial charge >= 0.3 is 0 Å². The number of H-pyrrole nitrogens is 1. The molecule has 0 fully saturated rings. The Morgan fingerprint density at radius 1 is 0.708 bits per heavy atom. The smallest absolute Gasteiger partial charge is 0.116 e. The average molecular weight is 312 g/mol. The van der Waals surface area contributed by atoms with Gasteiger partial charge in [-0.3, -0.25) is 4.98 Å². The Bertz CT molecular complexity index is 960. The molecule has 0 bridgehead atoms. The summed E-state index contributed by atoms with van der Waals surface area (Å²) in [6.45, 7) is 0. The van der Waals surface area contributed by atoms with Gasteiger partial charge in [0.2, 0.25) is 0 Å². The molecule has 116 valence electrons. The fourth-order valence-electron chi connectivity index (χ4n) is 2.88. The van der Waals surface area contributed by atoms with E-state index in [0.717, 1.165) is 33.6 Å². The van der Waals surface area contributed by atoms with Crippen LogP contribution in [0.2, 0.25) is 0 Å². The van der Waals surface area contributed by atoms with Gasteiger partial charge in [0.1, 0.15) is 5.75 Å². The Balaban J connectivity index is 1.92. The van der Waals surface area contributed by atoms with E-state index in [4.69, 9.17) is 0 Å². The molecule has 0 aliphatic rings. The summed E-state index contributed by atoms with van der Waals surface area (Å²) in [5.41, 5.74) is 6.27. The molecule has 0 saturated heterocycles. The molecule has 2 aromatic heterocycles. The molecule has 0 spiro atoms. The van der Waals surface area contributed by atoms with Crippen LogP contribution in [0.3, 0.4) is 0 Å². The summed E-state index contributed by atoms with van der Waals surface area (Å²) < 4.78 is 0. The predicted molar refractivity (Wildman–Crippen MR) is 96.6 cm³/mol. The molecule has 2 heterocycles. The fraction of sp³-hybridized carbons (Fsp3) is 0. The van der Waals surface area contributed by atoms with Crippen molar-refractivity contribution in [2.24, 2.45) is 0 Å². The number of pyridine rings is 1. The minimum Gasteiger partial charge on any atom is -0.508 e. The van der Waals surface area contributed by atoms with Crippen molar-refractivity contribution in [3.63, 3.8) is 0 Å². The van der Waals surface area contributed by atoms with Crippen molar-refractivity contribution in [1.29, 1.82) is 0 Å². The highest BCUT2D eigenvalue weighted by atomic mass is 16.3. The number of nitrogens with one attached hydrogen (secondary N) is 1. The van der Waals surface area contributed by atoms with E-state index in [1.165, 1.54) is 0 Å². The van der Waals surface area contributed by atoms with Crippen molar-refractivity contribution < 1.29 is 5.11 Å². The summed E-state index contributed by atoms with van der Waals surface area (Å²) in [5.74, 6) is 0.260. The van der Waals surface area contributed by atoms with E-state index >= 15 is 0 Å². The molecule has 0 saturated carbocycles. The number of hydrogen-bond donors (Lipinski definition) is 2. The van der Waals surface area contributed by atoms with E-state index < -0.39 is 0 Å². The summed E-state index contributed by atoms with van der Waals surface area (Å²) in [6, 6.07) is 23.6. The number of phenolic OH excluding ortho intramolecular Hbond substituents is 1. The van der Waals surface area contributed by atoms with E-state index in [1.54, 1.807) is 24.5 Å². The molecule has 24 heavy (non-hydrogen) atoms. The molecule has 3 nitrogen and oxygen atoms in total. The number of rotatable bonds is 3. The van der Waals surface area contributed by atoms with Gasteiger partial charge in [-0.2, -0.15) is 0 Å². The summed E-state index contributed by atoms with van der Waals surface area (Å²) >= 11 is 0. The maximum absolute atomic E-state index is 9.84. The van der Waals surface area contributed by atoms with Crippen molar-refractivity contribution in [3.8, 4) is 39.4 Å². The number of nitrogens with zero attached hydrogens (tertiary/aromatic N) is 1. The van der Waals surface area contributed by atoms with Crippen LogP contribution >= 0.6 is 0 Å². The summed E-state index contributed by atoms with van der Waals surface area (Å²) in [7, 11) is 0. The van der Waals surface area contributed by atoms with Crippen LogP contribution < -0.4 is 0 Å². The lowest BCUT2D eigenvalue weighted by Crippen LogP contribution is -1.83. The largest absolute Gasteiger partial charge is 0.508 e. The molecular formula is C21H16N2O. The van der Waals surface area contributed by atoms with Gasteiger partial charge in [0, 0.05) is 29.2 Å². The van der Waals surface area contributed by atoms with Gasteiger partial charge in [-0.05, 0) is 41.5 Å². The molecule has 0 radical (unpaired) electrons. The standard InChI is InChI=1S/C21H16N2O/c24-18-8-4-7-17(13-18)19-14-20(15-5-2-1-3-6-15)23-21(19)16-9-11-22-12-10-16/h1-14,23-24H. The van der Waals surface area contributed by atoms with Gasteiger partial charge in [0.15, 0.2) is 0 Å². The Morgan fingerprint density at radius 3 is 2.21 bits per heavy atom. The third kappa shape index (κ3) is 2.68. The zero-order valence-corrected chi connectivity index (χ0v) is 13.0. The van der Waals surface area contributed by atoms with Gasteiger partial charge in [-0.25, -0.2) is 0 Å². The first-order chi connectivity index (χ1) is 11.8. The second kappa shape index (κ2) is 6.05. The topological polar surface area (TPSA) is 48.9 Å². The molecule has 4 rings (SSSR count). The van der Waals surface area contributed by atoms with E-state index in [9.17, 15) is 5.11 Å². The average Bonchev–Trinajstić information content (AvgIpc) is 3.09. The van der Waals surface area contributed by atoms with Crippen molar-refractivity contribution in [1.82, 2.24) is 9.97 Å². The lowest BCUT2D eigenvalue weighted by molar-refractivity contribution is 0.475.